The third kappa shape index (κ3) is 3.88. The molecule has 0 atom stereocenters. The van der Waals surface area contributed by atoms with Gasteiger partial charge in [-0.1, -0.05) is 12.1 Å². The summed E-state index contributed by atoms with van der Waals surface area (Å²) in [6.07, 6.45) is 0.546. The molecule has 0 aliphatic carbocycles. The number of hydrogen-bond donors (Lipinski definition) is 1. The molecule has 0 saturated carbocycles. The number of benzene rings is 2. The van der Waals surface area contributed by atoms with Gasteiger partial charge in [0.25, 0.3) is 5.91 Å². The first-order valence-electron chi connectivity index (χ1n) is 5.93. The average molecular weight is 261 g/mol. The van der Waals surface area contributed by atoms with Gasteiger partial charge in [-0.25, -0.2) is 8.78 Å². The monoisotopic (exact) mass is 261 g/mol. The zero-order valence-corrected chi connectivity index (χ0v) is 10.2. The Kier molecular flexibility index (Phi) is 4.23. The standard InChI is InChI=1S/C15H13F2NO/c16-13-6-4-12(5-7-13)15(19)18-9-8-11-2-1-3-14(17)10-11/h1-7,10H,8-9H2,(H,18,19). The highest BCUT2D eigenvalue weighted by Gasteiger charge is 2.04. The number of rotatable bonds is 4. The second kappa shape index (κ2) is 6.09. The van der Waals surface area contributed by atoms with Crippen molar-refractivity contribution in [1.29, 1.82) is 0 Å². The van der Waals surface area contributed by atoms with Crippen LogP contribution in [0.1, 0.15) is 15.9 Å². The summed E-state index contributed by atoms with van der Waals surface area (Å²) in [5, 5.41) is 2.70. The van der Waals surface area contributed by atoms with Crippen LogP contribution in [0.4, 0.5) is 8.78 Å². The highest BCUT2D eigenvalue weighted by Crippen LogP contribution is 2.05. The normalized spacial score (nSPS) is 10.2. The molecule has 19 heavy (non-hydrogen) atoms. The fourth-order valence-corrected chi connectivity index (χ4v) is 1.72. The fourth-order valence-electron chi connectivity index (χ4n) is 1.72. The molecule has 1 amide bonds. The molecular formula is C15H13F2NO. The lowest BCUT2D eigenvalue weighted by Gasteiger charge is -2.05. The van der Waals surface area contributed by atoms with E-state index < -0.39 is 0 Å². The van der Waals surface area contributed by atoms with Gasteiger partial charge >= 0.3 is 0 Å². The first-order chi connectivity index (χ1) is 9.15. The van der Waals surface area contributed by atoms with E-state index in [-0.39, 0.29) is 17.5 Å². The fraction of sp³-hybridized carbons (Fsp3) is 0.133. The zero-order valence-electron chi connectivity index (χ0n) is 10.2. The van der Waals surface area contributed by atoms with Crippen LogP contribution in [-0.4, -0.2) is 12.5 Å². The van der Waals surface area contributed by atoms with Gasteiger partial charge in [-0.3, -0.25) is 4.79 Å². The topological polar surface area (TPSA) is 29.1 Å². The van der Waals surface area contributed by atoms with Crippen molar-refractivity contribution < 1.29 is 13.6 Å². The molecule has 0 aliphatic heterocycles. The summed E-state index contributed by atoms with van der Waals surface area (Å²) in [6.45, 7) is 0.402. The lowest BCUT2D eigenvalue weighted by Crippen LogP contribution is -2.25. The van der Waals surface area contributed by atoms with Crippen LogP contribution in [-0.2, 0) is 6.42 Å². The highest BCUT2D eigenvalue weighted by molar-refractivity contribution is 5.94. The smallest absolute Gasteiger partial charge is 0.251 e. The van der Waals surface area contributed by atoms with Crippen molar-refractivity contribution in [2.45, 2.75) is 6.42 Å². The van der Waals surface area contributed by atoms with Crippen LogP contribution < -0.4 is 5.32 Å². The molecule has 0 fully saturated rings. The molecule has 0 unspecified atom stereocenters. The molecule has 1 N–H and O–H groups in total. The second-order valence-electron chi connectivity index (χ2n) is 4.14. The molecule has 0 saturated heterocycles. The Hall–Kier alpha value is -2.23. The van der Waals surface area contributed by atoms with Gasteiger partial charge in [0.15, 0.2) is 0 Å². The van der Waals surface area contributed by atoms with E-state index in [0.717, 1.165) is 5.56 Å². The number of amides is 1. The summed E-state index contributed by atoms with van der Waals surface area (Å²) < 4.78 is 25.6. The van der Waals surface area contributed by atoms with Gasteiger partial charge in [0, 0.05) is 12.1 Å². The Morgan fingerprint density at radius 1 is 1.00 bits per heavy atom. The predicted octanol–water partition coefficient (Wildman–Crippen LogP) is 2.94. The largest absolute Gasteiger partial charge is 0.352 e. The maximum absolute atomic E-state index is 12.9. The molecule has 2 aromatic carbocycles. The number of carbonyl (C=O) groups excluding carboxylic acids is 1. The SMILES string of the molecule is O=C(NCCc1cccc(F)c1)c1ccc(F)cc1. The lowest BCUT2D eigenvalue weighted by molar-refractivity contribution is 0.0954. The Labute approximate surface area is 110 Å². The summed E-state index contributed by atoms with van der Waals surface area (Å²) in [7, 11) is 0. The van der Waals surface area contributed by atoms with Crippen molar-refractivity contribution in [2.24, 2.45) is 0 Å². The van der Waals surface area contributed by atoms with Crippen molar-refractivity contribution >= 4 is 5.91 Å². The Morgan fingerprint density at radius 3 is 2.42 bits per heavy atom. The summed E-state index contributed by atoms with van der Waals surface area (Å²) in [4.78, 5) is 11.7. The van der Waals surface area contributed by atoms with Crippen molar-refractivity contribution in [3.05, 3.63) is 71.3 Å². The molecule has 2 rings (SSSR count). The van der Waals surface area contributed by atoms with Gasteiger partial charge in [-0.2, -0.15) is 0 Å². The maximum atomic E-state index is 12.9. The molecule has 0 aromatic heterocycles. The van der Waals surface area contributed by atoms with Crippen LogP contribution >= 0.6 is 0 Å². The molecule has 2 nitrogen and oxygen atoms in total. The molecule has 0 heterocycles. The van der Waals surface area contributed by atoms with E-state index in [1.807, 2.05) is 0 Å². The van der Waals surface area contributed by atoms with Crippen LogP contribution in [0.25, 0.3) is 0 Å². The summed E-state index contributed by atoms with van der Waals surface area (Å²) in [5.74, 6) is -0.935. The summed E-state index contributed by atoms with van der Waals surface area (Å²) in [5.41, 5.74) is 1.22. The van der Waals surface area contributed by atoms with Crippen LogP contribution in [0, 0.1) is 11.6 Å². The Bertz CT molecular complexity index is 567. The van der Waals surface area contributed by atoms with E-state index in [2.05, 4.69) is 5.32 Å². The van der Waals surface area contributed by atoms with Crippen molar-refractivity contribution in [3.63, 3.8) is 0 Å². The van der Waals surface area contributed by atoms with E-state index >= 15 is 0 Å². The van der Waals surface area contributed by atoms with E-state index in [0.29, 0.717) is 18.5 Å². The van der Waals surface area contributed by atoms with Crippen LogP contribution in [0.3, 0.4) is 0 Å². The molecule has 0 spiro atoms. The Balaban J connectivity index is 1.86. The highest BCUT2D eigenvalue weighted by atomic mass is 19.1. The summed E-state index contributed by atoms with van der Waals surface area (Å²) in [6, 6.07) is 11.6. The van der Waals surface area contributed by atoms with E-state index in [1.54, 1.807) is 12.1 Å². The van der Waals surface area contributed by atoms with Gasteiger partial charge in [0.05, 0.1) is 0 Å². The number of carbonyl (C=O) groups is 1. The van der Waals surface area contributed by atoms with E-state index in [9.17, 15) is 13.6 Å². The van der Waals surface area contributed by atoms with Crippen molar-refractivity contribution in [2.75, 3.05) is 6.54 Å². The zero-order chi connectivity index (χ0) is 13.7. The predicted molar refractivity (Wildman–Crippen MR) is 68.8 cm³/mol. The minimum atomic E-state index is -0.378. The molecule has 0 aliphatic rings. The average Bonchev–Trinajstić information content (AvgIpc) is 2.39. The lowest BCUT2D eigenvalue weighted by atomic mass is 10.1. The van der Waals surface area contributed by atoms with Crippen LogP contribution in [0.5, 0.6) is 0 Å². The van der Waals surface area contributed by atoms with Gasteiger partial charge in [0.2, 0.25) is 0 Å². The van der Waals surface area contributed by atoms with Crippen molar-refractivity contribution in [1.82, 2.24) is 5.32 Å². The van der Waals surface area contributed by atoms with E-state index in [4.69, 9.17) is 0 Å². The Morgan fingerprint density at radius 2 is 1.74 bits per heavy atom. The summed E-state index contributed by atoms with van der Waals surface area (Å²) >= 11 is 0. The van der Waals surface area contributed by atoms with Gasteiger partial charge in [-0.05, 0) is 48.4 Å². The maximum Gasteiger partial charge on any atom is 0.251 e. The number of halogens is 2. The molecule has 98 valence electrons. The van der Waals surface area contributed by atoms with Crippen molar-refractivity contribution in [3.8, 4) is 0 Å². The third-order valence-electron chi connectivity index (χ3n) is 2.69. The number of nitrogens with one attached hydrogen (secondary N) is 1. The first kappa shape index (κ1) is 13.2. The number of hydrogen-bond acceptors (Lipinski definition) is 1. The third-order valence-corrected chi connectivity index (χ3v) is 2.69. The van der Waals surface area contributed by atoms with Crippen LogP contribution in [0.2, 0.25) is 0 Å². The molecule has 0 radical (unpaired) electrons. The molecular weight excluding hydrogens is 248 g/mol. The quantitative estimate of drug-likeness (QED) is 0.900. The molecule has 4 heteroatoms. The molecule has 2 aromatic rings. The van der Waals surface area contributed by atoms with Gasteiger partial charge < -0.3 is 5.32 Å². The molecule has 0 bridgehead atoms. The van der Waals surface area contributed by atoms with Gasteiger partial charge in [0.1, 0.15) is 11.6 Å². The minimum absolute atomic E-state index is 0.267. The van der Waals surface area contributed by atoms with Crippen LogP contribution in [0.15, 0.2) is 48.5 Å². The second-order valence-corrected chi connectivity index (χ2v) is 4.14. The first-order valence-corrected chi connectivity index (χ1v) is 5.93. The minimum Gasteiger partial charge on any atom is -0.352 e. The van der Waals surface area contributed by atoms with Gasteiger partial charge in [-0.15, -0.1) is 0 Å². The van der Waals surface area contributed by atoms with E-state index in [1.165, 1.54) is 36.4 Å².